The first-order valence-electron chi connectivity index (χ1n) is 12.3. The molecule has 178 valence electrons. The van der Waals surface area contributed by atoms with Crippen molar-refractivity contribution in [1.82, 2.24) is 30.4 Å². The molecule has 0 unspecified atom stereocenters. The molecule has 0 fully saturated rings. The van der Waals surface area contributed by atoms with Crippen LogP contribution < -0.4 is 4.98 Å². The average molecular weight is 459 g/mol. The van der Waals surface area contributed by atoms with Crippen molar-refractivity contribution in [3.8, 4) is 23.0 Å². The first-order chi connectivity index (χ1) is 15.8. The lowest BCUT2D eigenvalue weighted by Gasteiger charge is -2.38. The largest absolute Gasteiger partial charge is 0.251 e. The molecule has 3 aromatic heterocycles. The molecule has 3 heterocycles. The second-order valence-electron chi connectivity index (χ2n) is 12.7. The Bertz CT molecular complexity index is 1180. The van der Waals surface area contributed by atoms with Gasteiger partial charge in [0, 0.05) is 33.8 Å². The van der Waals surface area contributed by atoms with Gasteiger partial charge in [-0.1, -0.05) is 55.4 Å². The Morgan fingerprint density at radius 3 is 1.26 bits per heavy atom. The molecular formula is C27H36N7+. The molecule has 0 bridgehead atoms. The Kier molecular flexibility index (Phi) is 4.95. The van der Waals surface area contributed by atoms with Gasteiger partial charge >= 0.3 is 0 Å². The molecule has 0 aliphatic heterocycles. The molecular weight excluding hydrogens is 422 g/mol. The smallest absolute Gasteiger partial charge is 0.224 e. The van der Waals surface area contributed by atoms with E-state index in [9.17, 15) is 0 Å². The molecule has 1 N–H and O–H groups in total. The lowest BCUT2D eigenvalue weighted by atomic mass is 9.67. The standard InChI is InChI=1S/C27H35N7/c1-24(2)12-14-26(5,6)20-18(24)29-22(33-31-20)16-10-9-11-17(28-16)23-30-19-21(32-34-23)27(7,8)15-13-25(19,3)4/h9-11H,12-15H2,1-8H3/p+1. The van der Waals surface area contributed by atoms with Crippen molar-refractivity contribution < 1.29 is 4.98 Å². The highest BCUT2D eigenvalue weighted by Crippen LogP contribution is 2.45. The van der Waals surface area contributed by atoms with Crippen LogP contribution in [0.1, 0.15) is 104 Å². The highest BCUT2D eigenvalue weighted by atomic mass is 15.2. The summed E-state index contributed by atoms with van der Waals surface area (Å²) in [6, 6.07) is 5.94. The van der Waals surface area contributed by atoms with E-state index >= 15 is 0 Å². The summed E-state index contributed by atoms with van der Waals surface area (Å²) in [5, 5.41) is 18.4. The normalized spacial score (nSPS) is 21.4. The molecule has 0 saturated heterocycles. The van der Waals surface area contributed by atoms with Gasteiger partial charge < -0.3 is 0 Å². The molecule has 0 amide bonds. The van der Waals surface area contributed by atoms with E-state index in [0.29, 0.717) is 11.6 Å². The molecule has 2 aliphatic rings. The highest BCUT2D eigenvalue weighted by molar-refractivity contribution is 5.51. The lowest BCUT2D eigenvalue weighted by molar-refractivity contribution is -0.352. The molecule has 0 radical (unpaired) electrons. The number of aromatic nitrogens is 7. The SMILES string of the molecule is CC1(C)CCC(C)(C)c2nc(-c3cccc(-c4nnc5c(n4)C(C)(C)CCC5(C)C)[nH+]3)nnc21. The molecule has 0 saturated carbocycles. The average Bonchev–Trinajstić information content (AvgIpc) is 2.80. The Balaban J connectivity index is 1.58. The van der Waals surface area contributed by atoms with Gasteiger partial charge in [-0.2, -0.15) is 15.2 Å². The van der Waals surface area contributed by atoms with Crippen LogP contribution in [-0.4, -0.2) is 30.4 Å². The van der Waals surface area contributed by atoms with E-state index in [2.05, 4.69) is 80.8 Å². The van der Waals surface area contributed by atoms with Gasteiger partial charge in [0.1, 0.15) is 0 Å². The van der Waals surface area contributed by atoms with Crippen LogP contribution in [-0.2, 0) is 21.7 Å². The van der Waals surface area contributed by atoms with Crippen LogP contribution in [0, 0.1) is 0 Å². The van der Waals surface area contributed by atoms with E-state index in [0.717, 1.165) is 59.8 Å². The van der Waals surface area contributed by atoms with Crippen LogP contribution in [0.3, 0.4) is 0 Å². The quantitative estimate of drug-likeness (QED) is 0.542. The van der Waals surface area contributed by atoms with Crippen molar-refractivity contribution in [2.75, 3.05) is 0 Å². The summed E-state index contributed by atoms with van der Waals surface area (Å²) < 4.78 is 0. The summed E-state index contributed by atoms with van der Waals surface area (Å²) in [7, 11) is 0. The molecule has 0 atom stereocenters. The number of aromatic amines is 1. The zero-order chi connectivity index (χ0) is 24.5. The molecule has 0 spiro atoms. The summed E-state index contributed by atoms with van der Waals surface area (Å²) in [6.07, 6.45) is 4.32. The van der Waals surface area contributed by atoms with Gasteiger partial charge in [-0.3, -0.25) is 0 Å². The van der Waals surface area contributed by atoms with E-state index in [1.807, 2.05) is 18.2 Å². The number of fused-ring (bicyclic) bond motifs is 2. The summed E-state index contributed by atoms with van der Waals surface area (Å²) >= 11 is 0. The summed E-state index contributed by atoms with van der Waals surface area (Å²) in [4.78, 5) is 13.5. The van der Waals surface area contributed by atoms with Crippen molar-refractivity contribution in [2.45, 2.75) is 103 Å². The van der Waals surface area contributed by atoms with E-state index in [-0.39, 0.29) is 21.7 Å². The predicted molar refractivity (Wildman–Crippen MR) is 131 cm³/mol. The van der Waals surface area contributed by atoms with Crippen LogP contribution in [0.2, 0.25) is 0 Å². The number of H-pyrrole nitrogens is 1. The molecule has 7 nitrogen and oxygen atoms in total. The van der Waals surface area contributed by atoms with Gasteiger partial charge in [-0.05, 0) is 31.7 Å². The van der Waals surface area contributed by atoms with Crippen molar-refractivity contribution in [3.05, 3.63) is 41.0 Å². The van der Waals surface area contributed by atoms with Crippen LogP contribution in [0.4, 0.5) is 0 Å². The number of nitrogens with zero attached hydrogens (tertiary/aromatic N) is 6. The third kappa shape index (κ3) is 3.69. The van der Waals surface area contributed by atoms with Crippen molar-refractivity contribution in [2.24, 2.45) is 0 Å². The fraction of sp³-hybridized carbons (Fsp3) is 0.593. The highest BCUT2D eigenvalue weighted by Gasteiger charge is 2.42. The molecule has 2 aliphatic carbocycles. The third-order valence-electron chi connectivity index (χ3n) is 7.96. The monoisotopic (exact) mass is 458 g/mol. The number of hydrogen-bond acceptors (Lipinski definition) is 6. The van der Waals surface area contributed by atoms with Crippen LogP contribution in [0.25, 0.3) is 23.0 Å². The number of pyridine rings is 1. The maximum Gasteiger partial charge on any atom is 0.251 e. The van der Waals surface area contributed by atoms with Gasteiger partial charge in [0.05, 0.1) is 22.8 Å². The van der Waals surface area contributed by atoms with E-state index < -0.39 is 0 Å². The second kappa shape index (κ2) is 7.33. The maximum atomic E-state index is 5.02. The van der Waals surface area contributed by atoms with Gasteiger partial charge in [-0.15, -0.1) is 10.2 Å². The number of nitrogens with one attached hydrogen (secondary N) is 1. The topological polar surface area (TPSA) is 91.5 Å². The van der Waals surface area contributed by atoms with E-state index in [1.165, 1.54) is 0 Å². The first-order valence-corrected chi connectivity index (χ1v) is 12.3. The first kappa shape index (κ1) is 22.9. The molecule has 7 heteroatoms. The van der Waals surface area contributed by atoms with Gasteiger partial charge in [0.2, 0.25) is 11.6 Å². The minimum absolute atomic E-state index is 0.0157. The van der Waals surface area contributed by atoms with Gasteiger partial charge in [-0.25, -0.2) is 9.97 Å². The number of rotatable bonds is 2. The van der Waals surface area contributed by atoms with Gasteiger partial charge in [0.15, 0.2) is 0 Å². The minimum atomic E-state index is -0.0307. The zero-order valence-corrected chi connectivity index (χ0v) is 21.7. The van der Waals surface area contributed by atoms with Gasteiger partial charge in [0.25, 0.3) is 11.4 Å². The minimum Gasteiger partial charge on any atom is -0.224 e. The van der Waals surface area contributed by atoms with Crippen molar-refractivity contribution in [1.29, 1.82) is 0 Å². The summed E-state index contributed by atoms with van der Waals surface area (Å²) in [5.74, 6) is 1.19. The molecule has 5 rings (SSSR count). The Morgan fingerprint density at radius 2 is 0.882 bits per heavy atom. The zero-order valence-electron chi connectivity index (χ0n) is 21.7. The Morgan fingerprint density at radius 1 is 0.529 bits per heavy atom. The van der Waals surface area contributed by atoms with Crippen molar-refractivity contribution >= 4 is 0 Å². The Labute approximate surface area is 202 Å². The third-order valence-corrected chi connectivity index (χ3v) is 7.96. The van der Waals surface area contributed by atoms with Crippen LogP contribution in [0.5, 0.6) is 0 Å². The maximum absolute atomic E-state index is 5.02. The van der Waals surface area contributed by atoms with E-state index in [1.54, 1.807) is 0 Å². The fourth-order valence-electron chi connectivity index (χ4n) is 5.19. The lowest BCUT2D eigenvalue weighted by Crippen LogP contribution is -2.37. The number of hydrogen-bond donors (Lipinski definition) is 0. The van der Waals surface area contributed by atoms with Crippen LogP contribution in [0.15, 0.2) is 18.2 Å². The predicted octanol–water partition coefficient (Wildman–Crippen LogP) is 4.90. The summed E-state index contributed by atoms with van der Waals surface area (Å²) in [5.41, 5.74) is 5.61. The Hall–Kier alpha value is -2.83. The fourth-order valence-corrected chi connectivity index (χ4v) is 5.19. The molecule has 0 aromatic carbocycles. The molecule has 34 heavy (non-hydrogen) atoms. The molecule has 3 aromatic rings. The van der Waals surface area contributed by atoms with Crippen molar-refractivity contribution in [3.63, 3.8) is 0 Å². The van der Waals surface area contributed by atoms with Crippen LogP contribution >= 0.6 is 0 Å². The van der Waals surface area contributed by atoms with E-state index in [4.69, 9.17) is 9.97 Å². The second-order valence-corrected chi connectivity index (χ2v) is 12.7. The summed E-state index contributed by atoms with van der Waals surface area (Å²) in [6.45, 7) is 17.9.